The Hall–Kier alpha value is -2.50. The Bertz CT molecular complexity index is 622. The van der Waals surface area contributed by atoms with Crippen LogP contribution in [0.2, 0.25) is 0 Å². The molecule has 0 spiro atoms. The quantitative estimate of drug-likeness (QED) is 0.653. The van der Waals surface area contributed by atoms with Crippen molar-refractivity contribution < 1.29 is 14.3 Å². The van der Waals surface area contributed by atoms with Crippen LogP contribution in [0.15, 0.2) is 30.6 Å². The molecule has 0 unspecified atom stereocenters. The van der Waals surface area contributed by atoms with Gasteiger partial charge in [0, 0.05) is 6.54 Å². The second-order valence-electron chi connectivity index (χ2n) is 4.51. The lowest BCUT2D eigenvalue weighted by atomic mass is 10.2. The van der Waals surface area contributed by atoms with E-state index in [1.165, 1.54) is 0 Å². The van der Waals surface area contributed by atoms with Crippen LogP contribution >= 0.6 is 0 Å². The molecule has 0 radical (unpaired) electrons. The van der Waals surface area contributed by atoms with Crippen molar-refractivity contribution in [3.63, 3.8) is 0 Å². The van der Waals surface area contributed by atoms with E-state index in [-0.39, 0.29) is 0 Å². The zero-order valence-electron chi connectivity index (χ0n) is 12.2. The zero-order valence-corrected chi connectivity index (χ0v) is 12.2. The summed E-state index contributed by atoms with van der Waals surface area (Å²) in [5, 5.41) is 4.18. The van der Waals surface area contributed by atoms with Crippen molar-refractivity contribution in [3.05, 3.63) is 36.2 Å². The number of anilines is 1. The van der Waals surface area contributed by atoms with Gasteiger partial charge in [-0.3, -0.25) is 4.68 Å². The smallest absolute Gasteiger partial charge is 0.338 e. The zero-order chi connectivity index (χ0) is 15.2. The van der Waals surface area contributed by atoms with Gasteiger partial charge in [0.15, 0.2) is 11.5 Å². The van der Waals surface area contributed by atoms with E-state index in [1.807, 2.05) is 6.20 Å². The molecule has 1 aromatic heterocycles. The molecule has 6 heteroatoms. The van der Waals surface area contributed by atoms with Gasteiger partial charge in [0.2, 0.25) is 0 Å². The first-order valence-electron chi connectivity index (χ1n) is 6.91. The molecule has 2 N–H and O–H groups in total. The SMILES string of the molecule is CCCn1cc(Oc2ccc(C(=O)OCC)cc2N)cn1. The fourth-order valence-electron chi connectivity index (χ4n) is 1.86. The average Bonchev–Trinajstić information content (AvgIpc) is 2.89. The van der Waals surface area contributed by atoms with E-state index in [9.17, 15) is 4.79 Å². The van der Waals surface area contributed by atoms with Crippen LogP contribution in [-0.4, -0.2) is 22.4 Å². The fourth-order valence-corrected chi connectivity index (χ4v) is 1.86. The Labute approximate surface area is 123 Å². The van der Waals surface area contributed by atoms with Crippen molar-refractivity contribution in [2.24, 2.45) is 0 Å². The first kappa shape index (κ1) is 14.9. The molecule has 2 aromatic rings. The predicted molar refractivity (Wildman–Crippen MR) is 79.4 cm³/mol. The summed E-state index contributed by atoms with van der Waals surface area (Å²) in [6, 6.07) is 4.82. The van der Waals surface area contributed by atoms with Crippen LogP contribution in [0.5, 0.6) is 11.5 Å². The molecule has 0 atom stereocenters. The number of benzene rings is 1. The van der Waals surface area contributed by atoms with Crippen LogP contribution in [0.4, 0.5) is 5.69 Å². The highest BCUT2D eigenvalue weighted by molar-refractivity contribution is 5.91. The molecule has 0 amide bonds. The molecule has 2 rings (SSSR count). The number of nitrogens with two attached hydrogens (primary N) is 1. The molecule has 0 saturated carbocycles. The number of nitrogen functional groups attached to an aromatic ring is 1. The summed E-state index contributed by atoms with van der Waals surface area (Å²) in [7, 11) is 0. The van der Waals surface area contributed by atoms with Crippen LogP contribution in [0.3, 0.4) is 0 Å². The number of rotatable bonds is 6. The van der Waals surface area contributed by atoms with Crippen molar-refractivity contribution in [3.8, 4) is 11.5 Å². The van der Waals surface area contributed by atoms with Gasteiger partial charge in [0.05, 0.1) is 30.3 Å². The lowest BCUT2D eigenvalue weighted by Crippen LogP contribution is -2.05. The van der Waals surface area contributed by atoms with Gasteiger partial charge in [-0.25, -0.2) is 4.79 Å². The minimum atomic E-state index is -0.397. The summed E-state index contributed by atoms with van der Waals surface area (Å²) < 4.78 is 12.4. The van der Waals surface area contributed by atoms with Gasteiger partial charge in [0.25, 0.3) is 0 Å². The Morgan fingerprint density at radius 2 is 2.19 bits per heavy atom. The van der Waals surface area contributed by atoms with Gasteiger partial charge in [-0.15, -0.1) is 0 Å². The summed E-state index contributed by atoms with van der Waals surface area (Å²) in [5.41, 5.74) is 6.69. The average molecular weight is 289 g/mol. The monoisotopic (exact) mass is 289 g/mol. The molecule has 21 heavy (non-hydrogen) atoms. The minimum Gasteiger partial charge on any atom is -0.462 e. The number of ether oxygens (including phenoxy) is 2. The highest BCUT2D eigenvalue weighted by Crippen LogP contribution is 2.28. The Balaban J connectivity index is 2.11. The summed E-state index contributed by atoms with van der Waals surface area (Å²) in [6.07, 6.45) is 4.44. The third-order valence-corrected chi connectivity index (χ3v) is 2.81. The summed E-state index contributed by atoms with van der Waals surface area (Å²) >= 11 is 0. The Morgan fingerprint density at radius 3 is 2.86 bits per heavy atom. The Kier molecular flexibility index (Phi) is 4.81. The van der Waals surface area contributed by atoms with E-state index in [1.54, 1.807) is 36.0 Å². The molecular weight excluding hydrogens is 270 g/mol. The maximum Gasteiger partial charge on any atom is 0.338 e. The highest BCUT2D eigenvalue weighted by Gasteiger charge is 2.10. The number of aromatic nitrogens is 2. The summed E-state index contributed by atoms with van der Waals surface area (Å²) in [5.74, 6) is 0.699. The van der Waals surface area contributed by atoms with Gasteiger partial charge in [-0.2, -0.15) is 5.10 Å². The minimum absolute atomic E-state index is 0.327. The Morgan fingerprint density at radius 1 is 1.38 bits per heavy atom. The number of esters is 1. The molecule has 0 aliphatic heterocycles. The largest absolute Gasteiger partial charge is 0.462 e. The van der Waals surface area contributed by atoms with Crippen LogP contribution in [0.1, 0.15) is 30.6 Å². The second-order valence-corrected chi connectivity index (χ2v) is 4.51. The first-order valence-corrected chi connectivity index (χ1v) is 6.91. The number of nitrogens with zero attached hydrogens (tertiary/aromatic N) is 2. The molecule has 0 saturated heterocycles. The van der Waals surface area contributed by atoms with Gasteiger partial charge in [-0.05, 0) is 31.5 Å². The maximum absolute atomic E-state index is 11.6. The van der Waals surface area contributed by atoms with Crippen LogP contribution in [-0.2, 0) is 11.3 Å². The van der Waals surface area contributed by atoms with Crippen LogP contribution in [0.25, 0.3) is 0 Å². The summed E-state index contributed by atoms with van der Waals surface area (Å²) in [4.78, 5) is 11.6. The molecular formula is C15H19N3O3. The maximum atomic E-state index is 11.6. The lowest BCUT2D eigenvalue weighted by Gasteiger charge is -2.08. The predicted octanol–water partition coefficient (Wildman–Crippen LogP) is 2.84. The van der Waals surface area contributed by atoms with E-state index < -0.39 is 5.97 Å². The third kappa shape index (κ3) is 3.75. The number of carbonyl (C=O) groups excluding carboxylic acids is 1. The van der Waals surface area contributed by atoms with Gasteiger partial charge >= 0.3 is 5.97 Å². The number of hydrogen-bond donors (Lipinski definition) is 1. The molecule has 0 aliphatic rings. The molecule has 0 fully saturated rings. The van der Waals surface area contributed by atoms with Gasteiger partial charge in [-0.1, -0.05) is 6.92 Å². The van der Waals surface area contributed by atoms with E-state index in [0.29, 0.717) is 29.4 Å². The van der Waals surface area contributed by atoms with Gasteiger partial charge < -0.3 is 15.2 Å². The second kappa shape index (κ2) is 6.78. The van der Waals surface area contributed by atoms with E-state index in [2.05, 4.69) is 12.0 Å². The fraction of sp³-hybridized carbons (Fsp3) is 0.333. The number of hydrogen-bond acceptors (Lipinski definition) is 5. The van der Waals surface area contributed by atoms with Crippen molar-refractivity contribution >= 4 is 11.7 Å². The standard InChI is InChI=1S/C15H19N3O3/c1-3-7-18-10-12(9-17-18)21-14-6-5-11(8-13(14)16)15(19)20-4-2/h5-6,8-10H,3-4,7,16H2,1-2H3. The summed E-state index contributed by atoms with van der Waals surface area (Å²) in [6.45, 7) is 5.00. The van der Waals surface area contributed by atoms with Gasteiger partial charge in [0.1, 0.15) is 0 Å². The molecule has 1 heterocycles. The van der Waals surface area contributed by atoms with Crippen LogP contribution in [0, 0.1) is 0 Å². The normalized spacial score (nSPS) is 10.4. The third-order valence-electron chi connectivity index (χ3n) is 2.81. The molecule has 112 valence electrons. The molecule has 0 bridgehead atoms. The molecule has 6 nitrogen and oxygen atoms in total. The van der Waals surface area contributed by atoms with E-state index in [0.717, 1.165) is 13.0 Å². The van der Waals surface area contributed by atoms with Crippen molar-refractivity contribution in [1.82, 2.24) is 9.78 Å². The highest BCUT2D eigenvalue weighted by atomic mass is 16.5. The lowest BCUT2D eigenvalue weighted by molar-refractivity contribution is 0.0526. The molecule has 1 aromatic carbocycles. The molecule has 0 aliphatic carbocycles. The van der Waals surface area contributed by atoms with Crippen LogP contribution < -0.4 is 10.5 Å². The van der Waals surface area contributed by atoms with Crippen molar-refractivity contribution in [1.29, 1.82) is 0 Å². The van der Waals surface area contributed by atoms with E-state index in [4.69, 9.17) is 15.2 Å². The van der Waals surface area contributed by atoms with Crippen molar-refractivity contribution in [2.75, 3.05) is 12.3 Å². The van der Waals surface area contributed by atoms with Crippen molar-refractivity contribution in [2.45, 2.75) is 26.8 Å². The number of aryl methyl sites for hydroxylation is 1. The van der Waals surface area contributed by atoms with E-state index >= 15 is 0 Å². The first-order chi connectivity index (χ1) is 10.1. The topological polar surface area (TPSA) is 79.4 Å². The number of carbonyl (C=O) groups is 1.